The van der Waals surface area contributed by atoms with E-state index in [1.165, 1.54) is 10.9 Å². The Labute approximate surface area is 234 Å². The minimum atomic E-state index is -2.95. The molecule has 2 amide bonds. The Bertz CT molecular complexity index is 1590. The van der Waals surface area contributed by atoms with Gasteiger partial charge in [-0.15, -0.1) is 0 Å². The summed E-state index contributed by atoms with van der Waals surface area (Å²) in [6.07, 6.45) is 2.88. The Balaban J connectivity index is 1.35. The van der Waals surface area contributed by atoms with Crippen molar-refractivity contribution in [1.82, 2.24) is 25.4 Å². The smallest absolute Gasteiger partial charge is 0.278 e. The van der Waals surface area contributed by atoms with Crippen LogP contribution < -0.4 is 15.4 Å². The predicted molar refractivity (Wildman–Crippen MR) is 141 cm³/mol. The number of amides is 2. The third-order valence-corrected chi connectivity index (χ3v) is 7.80. The number of ether oxygens (including phenoxy) is 2. The van der Waals surface area contributed by atoms with Gasteiger partial charge in [-0.05, 0) is 48.2 Å². The Hall–Kier alpha value is -4.37. The van der Waals surface area contributed by atoms with E-state index in [1.54, 1.807) is 30.3 Å². The molecule has 1 saturated heterocycles. The normalized spacial score (nSPS) is 20.4. The van der Waals surface area contributed by atoms with Gasteiger partial charge in [0.05, 0.1) is 35.6 Å². The Kier molecular flexibility index (Phi) is 6.30. The molecule has 10 nitrogen and oxygen atoms in total. The van der Waals surface area contributed by atoms with Crippen molar-refractivity contribution in [3.05, 3.63) is 70.2 Å². The molecule has 2 aromatic heterocycles. The van der Waals surface area contributed by atoms with Crippen molar-refractivity contribution in [2.45, 2.75) is 44.6 Å². The maximum atomic E-state index is 13.7. The fraction of sp³-hybridized carbons (Fsp3) is 0.414. The van der Waals surface area contributed by atoms with Crippen LogP contribution >= 0.6 is 0 Å². The first kappa shape index (κ1) is 26.8. The standard InChI is InChI=1S/C29H28F2N6O4/c1-27(14-40-15-27)13-34-26(39)24-23-21(36-37(24)22-6-3-17(11-32)12-33-22)10-29(35-25(23)38)8-7-18-9-19(4-5-20(18)29)41-16-28(2,30)31/h3-6,9,12H,7-8,10,13-16H2,1-2H3,(H,34,39)(H,35,38)/t29-/m0/s1. The highest BCUT2D eigenvalue weighted by molar-refractivity contribution is 6.08. The molecular formula is C29H28F2N6O4. The minimum absolute atomic E-state index is 0.0656. The van der Waals surface area contributed by atoms with Gasteiger partial charge in [-0.25, -0.2) is 18.4 Å². The van der Waals surface area contributed by atoms with E-state index in [-0.39, 0.29) is 16.7 Å². The van der Waals surface area contributed by atoms with E-state index in [0.29, 0.717) is 61.8 Å². The number of nitrogens with zero attached hydrogens (tertiary/aromatic N) is 4. The van der Waals surface area contributed by atoms with Crippen LogP contribution in [0.1, 0.15) is 63.5 Å². The van der Waals surface area contributed by atoms with Crippen molar-refractivity contribution in [2.75, 3.05) is 26.4 Å². The summed E-state index contributed by atoms with van der Waals surface area (Å²) in [6, 6.07) is 10.3. The molecule has 1 spiro atoms. The molecule has 4 heterocycles. The second kappa shape index (κ2) is 9.62. The summed E-state index contributed by atoms with van der Waals surface area (Å²) in [5.41, 5.74) is 1.83. The number of nitriles is 1. The second-order valence-corrected chi connectivity index (χ2v) is 11.5. The first-order valence-electron chi connectivity index (χ1n) is 13.3. The molecule has 1 aliphatic carbocycles. The molecule has 2 aliphatic heterocycles. The van der Waals surface area contributed by atoms with Crippen LogP contribution in [0.2, 0.25) is 0 Å². The van der Waals surface area contributed by atoms with Crippen molar-refractivity contribution in [3.63, 3.8) is 0 Å². The van der Waals surface area contributed by atoms with Gasteiger partial charge < -0.3 is 20.1 Å². The van der Waals surface area contributed by atoms with Gasteiger partial charge in [0.15, 0.2) is 12.4 Å². The number of benzene rings is 1. The SMILES string of the molecule is CC(F)(F)COc1ccc2c(c1)CC[C@]21Cc2nn(-c3ccc(C#N)cn3)c(C(=O)NCC3(C)COC3)c2C(=O)N1. The van der Waals surface area contributed by atoms with Crippen molar-refractivity contribution >= 4 is 11.8 Å². The lowest BCUT2D eigenvalue weighted by atomic mass is 9.82. The topological polar surface area (TPSA) is 131 Å². The van der Waals surface area contributed by atoms with E-state index in [4.69, 9.17) is 14.6 Å². The number of hydrogen-bond acceptors (Lipinski definition) is 7. The van der Waals surface area contributed by atoms with E-state index in [0.717, 1.165) is 18.1 Å². The number of nitrogens with one attached hydrogen (secondary N) is 2. The lowest BCUT2D eigenvalue weighted by Crippen LogP contribution is -2.51. The molecule has 2 N–H and O–H groups in total. The first-order valence-corrected chi connectivity index (χ1v) is 13.3. The fourth-order valence-electron chi connectivity index (χ4n) is 5.66. The molecule has 1 aromatic carbocycles. The van der Waals surface area contributed by atoms with Crippen LogP contribution in [0.3, 0.4) is 0 Å². The average Bonchev–Trinajstić information content (AvgIpc) is 3.48. The van der Waals surface area contributed by atoms with Crippen LogP contribution in [0.4, 0.5) is 8.78 Å². The highest BCUT2D eigenvalue weighted by atomic mass is 19.3. The number of pyridine rings is 1. The van der Waals surface area contributed by atoms with Crippen LogP contribution in [0, 0.1) is 16.7 Å². The Morgan fingerprint density at radius 3 is 2.78 bits per heavy atom. The fourth-order valence-corrected chi connectivity index (χ4v) is 5.66. The quantitative estimate of drug-likeness (QED) is 0.453. The summed E-state index contributed by atoms with van der Waals surface area (Å²) >= 11 is 0. The number of rotatable bonds is 7. The summed E-state index contributed by atoms with van der Waals surface area (Å²) in [7, 11) is 0. The molecule has 0 bridgehead atoms. The van der Waals surface area contributed by atoms with Gasteiger partial charge in [0.1, 0.15) is 17.5 Å². The van der Waals surface area contributed by atoms with Crippen LogP contribution in [0.15, 0.2) is 36.5 Å². The second-order valence-electron chi connectivity index (χ2n) is 11.5. The Morgan fingerprint density at radius 2 is 2.12 bits per heavy atom. The molecule has 3 aromatic rings. The molecule has 6 rings (SSSR count). The number of aromatic nitrogens is 3. The summed E-state index contributed by atoms with van der Waals surface area (Å²) in [5.74, 6) is -3.22. The van der Waals surface area contributed by atoms with Crippen LogP contribution in [-0.4, -0.2) is 58.9 Å². The molecule has 41 heavy (non-hydrogen) atoms. The van der Waals surface area contributed by atoms with E-state index in [9.17, 15) is 23.6 Å². The lowest BCUT2D eigenvalue weighted by Gasteiger charge is -2.38. The molecular weight excluding hydrogens is 534 g/mol. The van der Waals surface area contributed by atoms with Crippen molar-refractivity contribution in [3.8, 4) is 17.6 Å². The monoisotopic (exact) mass is 562 g/mol. The summed E-state index contributed by atoms with van der Waals surface area (Å²) in [6.45, 7) is 3.49. The zero-order valence-corrected chi connectivity index (χ0v) is 22.6. The van der Waals surface area contributed by atoms with Gasteiger partial charge in [-0.3, -0.25) is 9.59 Å². The maximum absolute atomic E-state index is 13.7. The van der Waals surface area contributed by atoms with Crippen molar-refractivity contribution in [1.29, 1.82) is 5.26 Å². The van der Waals surface area contributed by atoms with Crippen molar-refractivity contribution in [2.24, 2.45) is 5.41 Å². The van der Waals surface area contributed by atoms with E-state index >= 15 is 0 Å². The van der Waals surface area contributed by atoms with E-state index < -0.39 is 29.9 Å². The highest BCUT2D eigenvalue weighted by Crippen LogP contribution is 2.44. The molecule has 212 valence electrons. The van der Waals surface area contributed by atoms with Gasteiger partial charge in [0.25, 0.3) is 17.7 Å². The van der Waals surface area contributed by atoms with Crippen LogP contribution in [0.25, 0.3) is 5.82 Å². The zero-order valence-electron chi connectivity index (χ0n) is 22.6. The summed E-state index contributed by atoms with van der Waals surface area (Å²) < 4.78 is 38.5. The molecule has 0 radical (unpaired) electrons. The van der Waals surface area contributed by atoms with Gasteiger partial charge in [0, 0.05) is 31.5 Å². The maximum Gasteiger partial charge on any atom is 0.278 e. The van der Waals surface area contributed by atoms with Gasteiger partial charge in [-0.1, -0.05) is 13.0 Å². The molecule has 12 heteroatoms. The predicted octanol–water partition coefficient (Wildman–Crippen LogP) is 3.07. The van der Waals surface area contributed by atoms with Crippen LogP contribution in [-0.2, 0) is 23.1 Å². The third kappa shape index (κ3) is 4.91. The zero-order chi connectivity index (χ0) is 29.0. The number of alkyl halides is 2. The molecule has 0 saturated carbocycles. The summed E-state index contributed by atoms with van der Waals surface area (Å²) in [4.78, 5) is 31.6. The molecule has 1 atom stereocenters. The van der Waals surface area contributed by atoms with Crippen LogP contribution in [0.5, 0.6) is 5.75 Å². The number of hydrogen-bond donors (Lipinski definition) is 2. The van der Waals surface area contributed by atoms with Crippen molar-refractivity contribution < 1.29 is 27.8 Å². The van der Waals surface area contributed by atoms with Gasteiger partial charge >= 0.3 is 0 Å². The number of fused-ring (bicyclic) bond motifs is 3. The minimum Gasteiger partial charge on any atom is -0.487 e. The highest BCUT2D eigenvalue weighted by Gasteiger charge is 2.47. The first-order chi connectivity index (χ1) is 19.5. The third-order valence-electron chi connectivity index (χ3n) is 7.80. The largest absolute Gasteiger partial charge is 0.487 e. The van der Waals surface area contributed by atoms with Gasteiger partial charge in [-0.2, -0.15) is 10.4 Å². The molecule has 1 fully saturated rings. The molecule has 3 aliphatic rings. The average molecular weight is 563 g/mol. The van der Waals surface area contributed by atoms with Gasteiger partial charge in [0.2, 0.25) is 0 Å². The van der Waals surface area contributed by atoms with E-state index in [1.807, 2.05) is 13.0 Å². The summed E-state index contributed by atoms with van der Waals surface area (Å²) in [5, 5.41) is 20.0. The number of aryl methyl sites for hydroxylation is 1. The lowest BCUT2D eigenvalue weighted by molar-refractivity contribution is -0.0978. The van der Waals surface area contributed by atoms with E-state index in [2.05, 4.69) is 15.6 Å². The number of carbonyl (C=O) groups excluding carboxylic acids is 2. The number of carbonyl (C=O) groups is 2. The number of halogens is 2. The Morgan fingerprint density at radius 1 is 1.32 bits per heavy atom. The molecule has 0 unspecified atom stereocenters.